The molecule has 0 bridgehead atoms. The number of benzene rings is 1. The Kier molecular flexibility index (Phi) is 5.45. The van der Waals surface area contributed by atoms with Crippen molar-refractivity contribution in [2.24, 2.45) is 0 Å². The third-order valence-electron chi connectivity index (χ3n) is 4.96. The normalized spacial score (nSPS) is 11.2. The number of carbonyl (C=O) groups is 1. The molecule has 154 valence electrons. The Balaban J connectivity index is 1.36. The van der Waals surface area contributed by atoms with Crippen molar-refractivity contribution in [2.45, 2.75) is 33.6 Å². The molecule has 3 aromatic heterocycles. The lowest BCUT2D eigenvalue weighted by atomic mass is 10.1. The predicted molar refractivity (Wildman–Crippen MR) is 117 cm³/mol. The maximum atomic E-state index is 12.5. The minimum absolute atomic E-state index is 0.0653. The number of nitrogens with two attached hydrogens (primary N) is 1. The second-order valence-electron chi connectivity index (χ2n) is 7.23. The summed E-state index contributed by atoms with van der Waals surface area (Å²) in [6.07, 6.45) is 0.912. The Hall–Kier alpha value is -3.33. The molecule has 3 N–H and O–H groups in total. The summed E-state index contributed by atoms with van der Waals surface area (Å²) in [4.78, 5) is 25.6. The van der Waals surface area contributed by atoms with Gasteiger partial charge in [0.05, 0.1) is 12.1 Å². The summed E-state index contributed by atoms with van der Waals surface area (Å²) in [5.74, 6) is 0.545. The van der Waals surface area contributed by atoms with Crippen molar-refractivity contribution in [1.29, 1.82) is 0 Å². The van der Waals surface area contributed by atoms with Crippen LogP contribution < -0.4 is 11.1 Å². The van der Waals surface area contributed by atoms with Gasteiger partial charge in [0.25, 0.3) is 5.78 Å². The van der Waals surface area contributed by atoms with E-state index in [2.05, 4.69) is 56.6 Å². The van der Waals surface area contributed by atoms with Gasteiger partial charge in [-0.15, -0.1) is 16.4 Å². The first-order valence-corrected chi connectivity index (χ1v) is 10.5. The van der Waals surface area contributed by atoms with Gasteiger partial charge in [-0.05, 0) is 20.8 Å². The fourth-order valence-corrected chi connectivity index (χ4v) is 4.14. The van der Waals surface area contributed by atoms with E-state index in [0.29, 0.717) is 18.7 Å². The summed E-state index contributed by atoms with van der Waals surface area (Å²) in [5, 5.41) is 10.1. The molecule has 4 aromatic rings. The molecular weight excluding hydrogens is 398 g/mol. The Morgan fingerprint density at radius 1 is 1.13 bits per heavy atom. The van der Waals surface area contributed by atoms with Crippen LogP contribution >= 0.6 is 11.3 Å². The van der Waals surface area contributed by atoms with E-state index >= 15 is 0 Å². The van der Waals surface area contributed by atoms with Crippen LogP contribution in [0.2, 0.25) is 0 Å². The van der Waals surface area contributed by atoms with Gasteiger partial charge in [-0.2, -0.15) is 9.50 Å². The molecule has 3 heterocycles. The van der Waals surface area contributed by atoms with Crippen LogP contribution in [-0.2, 0) is 17.6 Å². The van der Waals surface area contributed by atoms with Crippen molar-refractivity contribution in [3.05, 3.63) is 57.9 Å². The Labute approximate surface area is 178 Å². The summed E-state index contributed by atoms with van der Waals surface area (Å²) in [6.45, 7) is 6.35. The van der Waals surface area contributed by atoms with E-state index in [9.17, 15) is 4.79 Å². The smallest absolute Gasteiger partial charge is 0.254 e. The molecule has 9 heteroatoms. The van der Waals surface area contributed by atoms with Crippen LogP contribution in [0.4, 0.5) is 5.95 Å². The SMILES string of the molecule is Cc1ccc(-c2nc(CCNC(=O)Cc3c(C)nc4nc(N)nn4c3C)cs2)cc1. The number of carbonyl (C=O) groups excluding carboxylic acids is 1. The number of nitrogens with zero attached hydrogens (tertiary/aromatic N) is 5. The standard InChI is InChI=1S/C21H23N7OS/c1-12-4-6-15(7-5-12)19-25-16(11-30-19)8-9-23-18(29)10-17-13(2)24-21-26-20(22)27-28(21)14(17)3/h4-7,11H,8-10H2,1-3H3,(H2,22,27)(H,23,29). The number of amides is 1. The molecule has 0 atom stereocenters. The van der Waals surface area contributed by atoms with E-state index in [1.54, 1.807) is 15.9 Å². The molecule has 0 unspecified atom stereocenters. The molecule has 0 saturated carbocycles. The topological polar surface area (TPSA) is 111 Å². The van der Waals surface area contributed by atoms with E-state index in [1.165, 1.54) is 5.56 Å². The number of aromatic nitrogens is 5. The number of thiazole rings is 1. The third kappa shape index (κ3) is 4.16. The van der Waals surface area contributed by atoms with Crippen LogP contribution in [0.15, 0.2) is 29.6 Å². The lowest BCUT2D eigenvalue weighted by molar-refractivity contribution is -0.120. The summed E-state index contributed by atoms with van der Waals surface area (Å²) in [6, 6.07) is 8.33. The van der Waals surface area contributed by atoms with Crippen molar-refractivity contribution in [3.63, 3.8) is 0 Å². The Morgan fingerprint density at radius 3 is 2.67 bits per heavy atom. The monoisotopic (exact) mass is 421 g/mol. The van der Waals surface area contributed by atoms with Gasteiger partial charge in [0.2, 0.25) is 11.9 Å². The summed E-state index contributed by atoms with van der Waals surface area (Å²) in [5.41, 5.74) is 11.4. The van der Waals surface area contributed by atoms with Crippen LogP contribution in [0, 0.1) is 20.8 Å². The van der Waals surface area contributed by atoms with Gasteiger partial charge in [0.15, 0.2) is 0 Å². The Bertz CT molecular complexity index is 1210. The van der Waals surface area contributed by atoms with Crippen LogP contribution in [0.5, 0.6) is 0 Å². The van der Waals surface area contributed by atoms with Crippen LogP contribution in [0.3, 0.4) is 0 Å². The molecule has 0 aliphatic rings. The van der Waals surface area contributed by atoms with Gasteiger partial charge in [0, 0.05) is 40.9 Å². The highest BCUT2D eigenvalue weighted by atomic mass is 32.1. The highest BCUT2D eigenvalue weighted by molar-refractivity contribution is 7.13. The molecule has 1 aromatic carbocycles. The maximum Gasteiger partial charge on any atom is 0.254 e. The summed E-state index contributed by atoms with van der Waals surface area (Å²) < 4.78 is 1.58. The number of hydrogen-bond acceptors (Lipinski definition) is 7. The molecule has 0 aliphatic carbocycles. The predicted octanol–water partition coefficient (Wildman–Crippen LogP) is 2.66. The quantitative estimate of drug-likeness (QED) is 0.495. The van der Waals surface area contributed by atoms with Gasteiger partial charge in [-0.1, -0.05) is 29.8 Å². The lowest BCUT2D eigenvalue weighted by Crippen LogP contribution is -2.28. The number of aryl methyl sites for hydroxylation is 3. The maximum absolute atomic E-state index is 12.5. The molecule has 0 spiro atoms. The first-order valence-electron chi connectivity index (χ1n) is 9.67. The fraction of sp³-hybridized carbons (Fsp3) is 0.286. The molecular formula is C21H23N7OS. The zero-order chi connectivity index (χ0) is 21.3. The number of hydrogen-bond donors (Lipinski definition) is 2. The molecule has 0 radical (unpaired) electrons. The fourth-order valence-electron chi connectivity index (χ4n) is 3.28. The molecule has 0 saturated heterocycles. The van der Waals surface area contributed by atoms with Gasteiger partial charge >= 0.3 is 0 Å². The van der Waals surface area contributed by atoms with Gasteiger partial charge < -0.3 is 11.1 Å². The molecule has 4 rings (SSSR count). The van der Waals surface area contributed by atoms with E-state index in [4.69, 9.17) is 5.73 Å². The molecule has 8 nitrogen and oxygen atoms in total. The van der Waals surface area contributed by atoms with Crippen molar-refractivity contribution < 1.29 is 4.79 Å². The zero-order valence-electron chi connectivity index (χ0n) is 17.1. The number of nitrogen functional groups attached to an aromatic ring is 1. The number of nitrogens with one attached hydrogen (secondary N) is 1. The average molecular weight is 422 g/mol. The van der Waals surface area contributed by atoms with Gasteiger partial charge in [-0.25, -0.2) is 9.97 Å². The highest BCUT2D eigenvalue weighted by Gasteiger charge is 2.15. The van der Waals surface area contributed by atoms with E-state index < -0.39 is 0 Å². The molecule has 30 heavy (non-hydrogen) atoms. The largest absolute Gasteiger partial charge is 0.366 e. The minimum Gasteiger partial charge on any atom is -0.366 e. The van der Waals surface area contributed by atoms with Crippen LogP contribution in [0.1, 0.15) is 28.2 Å². The van der Waals surface area contributed by atoms with Crippen molar-refractivity contribution in [1.82, 2.24) is 29.9 Å². The Morgan fingerprint density at radius 2 is 1.90 bits per heavy atom. The summed E-state index contributed by atoms with van der Waals surface area (Å²) in [7, 11) is 0. The van der Waals surface area contributed by atoms with Crippen LogP contribution in [-0.4, -0.2) is 37.0 Å². The second kappa shape index (κ2) is 8.19. The van der Waals surface area contributed by atoms with Gasteiger partial charge in [-0.3, -0.25) is 4.79 Å². The summed E-state index contributed by atoms with van der Waals surface area (Å²) >= 11 is 1.62. The first kappa shape index (κ1) is 20.0. The van der Waals surface area contributed by atoms with Crippen LogP contribution in [0.25, 0.3) is 16.3 Å². The molecule has 0 fully saturated rings. The second-order valence-corrected chi connectivity index (χ2v) is 8.09. The molecule has 0 aliphatic heterocycles. The first-order chi connectivity index (χ1) is 14.4. The molecule has 1 amide bonds. The number of rotatable bonds is 6. The third-order valence-corrected chi connectivity index (χ3v) is 5.90. The van der Waals surface area contributed by atoms with Crippen molar-refractivity contribution >= 4 is 29.0 Å². The number of fused-ring (bicyclic) bond motifs is 1. The average Bonchev–Trinajstić information content (AvgIpc) is 3.32. The zero-order valence-corrected chi connectivity index (χ0v) is 18.0. The lowest BCUT2D eigenvalue weighted by Gasteiger charge is -2.10. The van der Waals surface area contributed by atoms with E-state index in [-0.39, 0.29) is 18.3 Å². The van der Waals surface area contributed by atoms with Gasteiger partial charge in [0.1, 0.15) is 5.01 Å². The highest BCUT2D eigenvalue weighted by Crippen LogP contribution is 2.24. The van der Waals surface area contributed by atoms with Crippen molar-refractivity contribution in [3.8, 4) is 10.6 Å². The number of anilines is 1. The van der Waals surface area contributed by atoms with Crippen molar-refractivity contribution in [2.75, 3.05) is 12.3 Å². The van der Waals surface area contributed by atoms with E-state index in [0.717, 1.165) is 33.2 Å². The minimum atomic E-state index is -0.0653. The van der Waals surface area contributed by atoms with E-state index in [1.807, 2.05) is 19.2 Å².